The topological polar surface area (TPSA) is 111 Å². The van der Waals surface area contributed by atoms with E-state index in [1.807, 2.05) is 0 Å². The first-order valence-corrected chi connectivity index (χ1v) is 7.14. The summed E-state index contributed by atoms with van der Waals surface area (Å²) in [4.78, 5) is 29.2. The van der Waals surface area contributed by atoms with Gasteiger partial charge in [-0.1, -0.05) is 25.7 Å². The molecular formula is C13H21N5O3. The highest BCUT2D eigenvalue weighted by molar-refractivity contribution is 5.86. The van der Waals surface area contributed by atoms with Gasteiger partial charge in [0.15, 0.2) is 0 Å². The molecule has 0 bridgehead atoms. The molecule has 1 aliphatic rings. The molecule has 21 heavy (non-hydrogen) atoms. The molecule has 8 heteroatoms. The summed E-state index contributed by atoms with van der Waals surface area (Å²) in [6.07, 6.45) is 5.98. The molecule has 1 heterocycles. The number of carbonyl (C=O) groups is 2. The van der Waals surface area contributed by atoms with Gasteiger partial charge in [0.25, 0.3) is 0 Å². The Morgan fingerprint density at radius 2 is 2.05 bits per heavy atom. The van der Waals surface area contributed by atoms with Crippen LogP contribution in [-0.2, 0) is 11.3 Å². The number of carboxylic acids is 1. The fourth-order valence-corrected chi connectivity index (χ4v) is 2.63. The number of aromatic amines is 1. The summed E-state index contributed by atoms with van der Waals surface area (Å²) in [6.45, 7) is 0.252. The lowest BCUT2D eigenvalue weighted by molar-refractivity contribution is -0.145. The minimum absolute atomic E-state index is 0.252. The van der Waals surface area contributed by atoms with E-state index in [2.05, 4.69) is 20.5 Å². The van der Waals surface area contributed by atoms with E-state index in [0.29, 0.717) is 18.7 Å². The summed E-state index contributed by atoms with van der Waals surface area (Å²) in [7, 11) is 1.60. The van der Waals surface area contributed by atoms with Gasteiger partial charge in [0.2, 0.25) is 0 Å². The molecule has 0 unspecified atom stereocenters. The Morgan fingerprint density at radius 3 is 2.57 bits per heavy atom. The maximum Gasteiger partial charge on any atom is 0.329 e. The van der Waals surface area contributed by atoms with Gasteiger partial charge in [-0.25, -0.2) is 14.6 Å². The van der Waals surface area contributed by atoms with Crippen LogP contribution in [0.25, 0.3) is 0 Å². The quantitative estimate of drug-likeness (QED) is 0.721. The first-order valence-electron chi connectivity index (χ1n) is 7.14. The third-order valence-electron chi connectivity index (χ3n) is 3.91. The van der Waals surface area contributed by atoms with Crippen LogP contribution in [-0.4, -0.2) is 49.8 Å². The van der Waals surface area contributed by atoms with Crippen molar-refractivity contribution in [1.82, 2.24) is 25.4 Å². The Kier molecular flexibility index (Phi) is 4.77. The van der Waals surface area contributed by atoms with Crippen LogP contribution in [0, 0.1) is 0 Å². The summed E-state index contributed by atoms with van der Waals surface area (Å²) >= 11 is 0. The van der Waals surface area contributed by atoms with Crippen LogP contribution in [0.1, 0.15) is 44.3 Å². The number of amides is 2. The van der Waals surface area contributed by atoms with E-state index in [-0.39, 0.29) is 6.54 Å². The lowest BCUT2D eigenvalue weighted by Gasteiger charge is -2.31. The lowest BCUT2D eigenvalue weighted by atomic mass is 9.90. The number of hydrogen-bond acceptors (Lipinski definition) is 4. The van der Waals surface area contributed by atoms with Crippen LogP contribution in [0.4, 0.5) is 4.79 Å². The van der Waals surface area contributed by atoms with Gasteiger partial charge >= 0.3 is 12.0 Å². The molecule has 0 atom stereocenters. The van der Waals surface area contributed by atoms with Crippen LogP contribution in [0.3, 0.4) is 0 Å². The van der Waals surface area contributed by atoms with Gasteiger partial charge in [0.05, 0.1) is 6.54 Å². The number of nitrogens with one attached hydrogen (secondary N) is 2. The van der Waals surface area contributed by atoms with Gasteiger partial charge in [0.1, 0.15) is 17.7 Å². The van der Waals surface area contributed by atoms with Crippen molar-refractivity contribution in [3.8, 4) is 0 Å². The fraction of sp³-hybridized carbons (Fsp3) is 0.692. The Bertz CT molecular complexity index is 480. The molecule has 116 valence electrons. The normalized spacial score (nSPS) is 17.8. The molecule has 0 aromatic carbocycles. The summed E-state index contributed by atoms with van der Waals surface area (Å²) < 4.78 is 0. The van der Waals surface area contributed by atoms with Gasteiger partial charge < -0.3 is 15.3 Å². The first kappa shape index (κ1) is 15.3. The Hall–Kier alpha value is -2.12. The third kappa shape index (κ3) is 3.71. The van der Waals surface area contributed by atoms with Crippen LogP contribution in [0.15, 0.2) is 6.33 Å². The SMILES string of the molecule is CN(Cc1ncn[nH]1)C(=O)NC1(C(=O)O)CCCCCC1. The number of rotatable bonds is 4. The Morgan fingerprint density at radius 1 is 1.38 bits per heavy atom. The Balaban J connectivity index is 2.02. The molecular weight excluding hydrogens is 274 g/mol. The number of nitrogens with zero attached hydrogens (tertiary/aromatic N) is 3. The highest BCUT2D eigenvalue weighted by Crippen LogP contribution is 2.27. The highest BCUT2D eigenvalue weighted by Gasteiger charge is 2.40. The molecule has 0 spiro atoms. The molecule has 2 rings (SSSR count). The predicted octanol–water partition coefficient (Wildman–Crippen LogP) is 1.12. The minimum Gasteiger partial charge on any atom is -0.480 e. The molecule has 1 aromatic rings. The van der Waals surface area contributed by atoms with Crippen molar-refractivity contribution in [2.75, 3.05) is 7.05 Å². The second kappa shape index (κ2) is 6.55. The van der Waals surface area contributed by atoms with Crippen LogP contribution >= 0.6 is 0 Å². The molecule has 1 aliphatic carbocycles. The number of carbonyl (C=O) groups excluding carboxylic acids is 1. The number of urea groups is 1. The Labute approximate surface area is 122 Å². The molecule has 1 aromatic heterocycles. The zero-order valence-corrected chi connectivity index (χ0v) is 12.1. The van der Waals surface area contributed by atoms with Gasteiger partial charge in [-0.05, 0) is 12.8 Å². The fourth-order valence-electron chi connectivity index (χ4n) is 2.63. The van der Waals surface area contributed by atoms with Crippen LogP contribution in [0.5, 0.6) is 0 Å². The maximum absolute atomic E-state index is 12.2. The van der Waals surface area contributed by atoms with Gasteiger partial charge in [0, 0.05) is 7.05 Å². The number of aliphatic carboxylic acids is 1. The van der Waals surface area contributed by atoms with Crippen molar-refractivity contribution >= 4 is 12.0 Å². The molecule has 3 N–H and O–H groups in total. The van der Waals surface area contributed by atoms with Crippen molar-refractivity contribution in [2.45, 2.75) is 50.6 Å². The third-order valence-corrected chi connectivity index (χ3v) is 3.91. The molecule has 1 saturated carbocycles. The molecule has 0 radical (unpaired) electrons. The predicted molar refractivity (Wildman–Crippen MR) is 74.5 cm³/mol. The number of hydrogen-bond donors (Lipinski definition) is 3. The molecule has 1 fully saturated rings. The van der Waals surface area contributed by atoms with E-state index in [1.165, 1.54) is 11.2 Å². The van der Waals surface area contributed by atoms with Crippen molar-refractivity contribution in [3.63, 3.8) is 0 Å². The smallest absolute Gasteiger partial charge is 0.329 e. The summed E-state index contributed by atoms with van der Waals surface area (Å²) in [5.74, 6) is -0.399. The van der Waals surface area contributed by atoms with Crippen molar-refractivity contribution < 1.29 is 14.7 Å². The standard InChI is InChI=1S/C13H21N5O3/c1-18(8-10-14-9-15-17-10)12(21)16-13(11(19)20)6-4-2-3-5-7-13/h9H,2-8H2,1H3,(H,16,21)(H,19,20)(H,14,15,17). The molecule has 0 saturated heterocycles. The van der Waals surface area contributed by atoms with E-state index in [0.717, 1.165) is 25.7 Å². The summed E-state index contributed by atoms with van der Waals surface area (Å²) in [6, 6.07) is -0.407. The average Bonchev–Trinajstić information content (AvgIpc) is 2.83. The van der Waals surface area contributed by atoms with Gasteiger partial charge in [-0.3, -0.25) is 5.10 Å². The summed E-state index contributed by atoms with van der Waals surface area (Å²) in [5.41, 5.74) is -1.15. The van der Waals surface area contributed by atoms with Gasteiger partial charge in [-0.2, -0.15) is 5.10 Å². The average molecular weight is 295 g/mol. The summed E-state index contributed by atoms with van der Waals surface area (Å²) in [5, 5.41) is 18.6. The van der Waals surface area contributed by atoms with Crippen molar-refractivity contribution in [1.29, 1.82) is 0 Å². The van der Waals surface area contributed by atoms with Crippen LogP contribution < -0.4 is 5.32 Å². The largest absolute Gasteiger partial charge is 0.480 e. The second-order valence-electron chi connectivity index (χ2n) is 5.52. The first-order chi connectivity index (χ1) is 10.0. The highest BCUT2D eigenvalue weighted by atomic mass is 16.4. The van der Waals surface area contributed by atoms with Crippen molar-refractivity contribution in [3.05, 3.63) is 12.2 Å². The molecule has 0 aliphatic heterocycles. The van der Waals surface area contributed by atoms with Crippen LogP contribution in [0.2, 0.25) is 0 Å². The second-order valence-corrected chi connectivity index (χ2v) is 5.52. The zero-order chi connectivity index (χ0) is 15.3. The molecule has 2 amide bonds. The zero-order valence-electron chi connectivity index (χ0n) is 12.1. The lowest BCUT2D eigenvalue weighted by Crippen LogP contribution is -2.57. The van der Waals surface area contributed by atoms with Crippen molar-refractivity contribution in [2.24, 2.45) is 0 Å². The number of carboxylic acid groups (broad SMARTS) is 1. The number of aromatic nitrogens is 3. The molecule has 8 nitrogen and oxygen atoms in total. The van der Waals surface area contributed by atoms with E-state index in [9.17, 15) is 14.7 Å². The van der Waals surface area contributed by atoms with E-state index >= 15 is 0 Å². The van der Waals surface area contributed by atoms with Gasteiger partial charge in [-0.15, -0.1) is 0 Å². The maximum atomic E-state index is 12.2. The monoisotopic (exact) mass is 295 g/mol. The van der Waals surface area contributed by atoms with E-state index in [1.54, 1.807) is 7.05 Å². The number of H-pyrrole nitrogens is 1. The minimum atomic E-state index is -1.15. The van der Waals surface area contributed by atoms with E-state index in [4.69, 9.17) is 0 Å². The van der Waals surface area contributed by atoms with E-state index < -0.39 is 17.5 Å².